The van der Waals surface area contributed by atoms with Crippen molar-refractivity contribution in [3.8, 4) is 6.07 Å². The highest BCUT2D eigenvalue weighted by Gasteiger charge is 2.03. The van der Waals surface area contributed by atoms with E-state index < -0.39 is 0 Å². The number of anilines is 1. The summed E-state index contributed by atoms with van der Waals surface area (Å²) < 4.78 is 5.60. The summed E-state index contributed by atoms with van der Waals surface area (Å²) in [7, 11) is 0. The zero-order chi connectivity index (χ0) is 11.4. The fourth-order valence-corrected chi connectivity index (χ4v) is 1.64. The van der Waals surface area contributed by atoms with Crippen LogP contribution >= 0.6 is 15.9 Å². The molecule has 0 aliphatic heterocycles. The molecule has 1 heterocycles. The fraction of sp³-hybridized carbons (Fsp3) is 0.0909. The van der Waals surface area contributed by atoms with Gasteiger partial charge < -0.3 is 9.84 Å². The molecule has 0 spiro atoms. The Morgan fingerprint density at radius 3 is 3.00 bits per heavy atom. The standard InChI is InChI=1S/C11H8BrN3O/c12-9-1-2-11(8(5-9)6-13)14-7-10-3-4-16-15-10/h1-5,14H,7H2. The van der Waals surface area contributed by atoms with E-state index in [9.17, 15) is 0 Å². The fourth-order valence-electron chi connectivity index (χ4n) is 1.28. The summed E-state index contributed by atoms with van der Waals surface area (Å²) >= 11 is 3.32. The van der Waals surface area contributed by atoms with E-state index in [4.69, 9.17) is 9.78 Å². The third-order valence-electron chi connectivity index (χ3n) is 2.05. The van der Waals surface area contributed by atoms with E-state index in [-0.39, 0.29) is 0 Å². The maximum absolute atomic E-state index is 8.96. The third kappa shape index (κ3) is 2.41. The monoisotopic (exact) mass is 277 g/mol. The van der Waals surface area contributed by atoms with Gasteiger partial charge >= 0.3 is 0 Å². The number of hydrogen-bond acceptors (Lipinski definition) is 4. The van der Waals surface area contributed by atoms with Crippen molar-refractivity contribution in [1.82, 2.24) is 5.16 Å². The van der Waals surface area contributed by atoms with E-state index >= 15 is 0 Å². The summed E-state index contributed by atoms with van der Waals surface area (Å²) in [5.41, 5.74) is 2.18. The predicted octanol–water partition coefficient (Wildman–Crippen LogP) is 2.92. The van der Waals surface area contributed by atoms with Gasteiger partial charge in [-0.15, -0.1) is 0 Å². The predicted molar refractivity (Wildman–Crippen MR) is 62.7 cm³/mol. The quantitative estimate of drug-likeness (QED) is 0.937. The normalized spacial score (nSPS) is 9.75. The summed E-state index contributed by atoms with van der Waals surface area (Å²) in [5.74, 6) is 0. The highest BCUT2D eigenvalue weighted by atomic mass is 79.9. The minimum Gasteiger partial charge on any atom is -0.378 e. The number of halogens is 1. The Bertz CT molecular complexity index is 517. The Kier molecular flexibility index (Phi) is 3.22. The largest absolute Gasteiger partial charge is 0.378 e. The van der Waals surface area contributed by atoms with Crippen molar-refractivity contribution in [3.05, 3.63) is 46.3 Å². The molecule has 1 N–H and O–H groups in total. The number of nitriles is 1. The molecule has 16 heavy (non-hydrogen) atoms. The molecule has 4 nitrogen and oxygen atoms in total. The summed E-state index contributed by atoms with van der Waals surface area (Å²) in [4.78, 5) is 0. The topological polar surface area (TPSA) is 61.9 Å². The molecule has 0 unspecified atom stereocenters. The molecule has 0 bridgehead atoms. The van der Waals surface area contributed by atoms with Crippen molar-refractivity contribution in [2.45, 2.75) is 6.54 Å². The summed E-state index contributed by atoms with van der Waals surface area (Å²) in [6.45, 7) is 0.535. The van der Waals surface area contributed by atoms with Gasteiger partial charge in [0.05, 0.1) is 17.8 Å². The van der Waals surface area contributed by atoms with Crippen LogP contribution in [0.5, 0.6) is 0 Å². The number of aromatic nitrogens is 1. The average Bonchev–Trinajstić information content (AvgIpc) is 2.80. The molecule has 1 aromatic carbocycles. The van der Waals surface area contributed by atoms with Crippen molar-refractivity contribution >= 4 is 21.6 Å². The molecule has 80 valence electrons. The van der Waals surface area contributed by atoms with Crippen LogP contribution in [0.4, 0.5) is 5.69 Å². The van der Waals surface area contributed by atoms with Gasteiger partial charge in [0, 0.05) is 10.5 Å². The molecule has 2 aromatic rings. The number of benzene rings is 1. The lowest BCUT2D eigenvalue weighted by Gasteiger charge is -2.06. The Morgan fingerprint density at radius 2 is 2.31 bits per heavy atom. The van der Waals surface area contributed by atoms with E-state index in [1.807, 2.05) is 12.1 Å². The Hall–Kier alpha value is -1.80. The van der Waals surface area contributed by atoms with E-state index in [1.54, 1.807) is 12.1 Å². The van der Waals surface area contributed by atoms with E-state index in [0.29, 0.717) is 12.1 Å². The molecule has 0 aliphatic rings. The second-order valence-corrected chi connectivity index (χ2v) is 4.06. The van der Waals surface area contributed by atoms with Gasteiger partial charge in [-0.25, -0.2) is 0 Å². The van der Waals surface area contributed by atoms with E-state index in [2.05, 4.69) is 32.5 Å². The summed E-state index contributed by atoms with van der Waals surface area (Å²) in [6.07, 6.45) is 1.52. The van der Waals surface area contributed by atoms with Crippen molar-refractivity contribution in [1.29, 1.82) is 5.26 Å². The molecule has 0 saturated carbocycles. The highest BCUT2D eigenvalue weighted by molar-refractivity contribution is 9.10. The number of nitrogens with zero attached hydrogens (tertiary/aromatic N) is 2. The molecule has 0 aliphatic carbocycles. The van der Waals surface area contributed by atoms with Crippen molar-refractivity contribution in [2.75, 3.05) is 5.32 Å². The summed E-state index contributed by atoms with van der Waals surface area (Å²) in [5, 5.41) is 15.9. The molecule has 0 saturated heterocycles. The Morgan fingerprint density at radius 1 is 1.44 bits per heavy atom. The van der Waals surface area contributed by atoms with Crippen LogP contribution in [0.25, 0.3) is 0 Å². The van der Waals surface area contributed by atoms with Gasteiger partial charge in [-0.05, 0) is 18.2 Å². The van der Waals surface area contributed by atoms with Crippen LogP contribution in [0.1, 0.15) is 11.3 Å². The molecule has 0 fully saturated rings. The molecule has 0 atom stereocenters. The molecule has 2 rings (SSSR count). The SMILES string of the molecule is N#Cc1cc(Br)ccc1NCc1ccon1. The minimum atomic E-state index is 0.535. The van der Waals surface area contributed by atoms with Gasteiger partial charge in [0.25, 0.3) is 0 Å². The second-order valence-electron chi connectivity index (χ2n) is 3.15. The van der Waals surface area contributed by atoms with Gasteiger partial charge in [0.15, 0.2) is 0 Å². The Balaban J connectivity index is 2.13. The molecular weight excluding hydrogens is 270 g/mol. The smallest absolute Gasteiger partial charge is 0.124 e. The molecule has 0 amide bonds. The van der Waals surface area contributed by atoms with E-state index in [1.165, 1.54) is 6.26 Å². The first-order chi connectivity index (χ1) is 7.79. The van der Waals surface area contributed by atoms with Crippen LogP contribution < -0.4 is 5.32 Å². The van der Waals surface area contributed by atoms with E-state index in [0.717, 1.165) is 15.9 Å². The third-order valence-corrected chi connectivity index (χ3v) is 2.55. The Labute approximate surface area is 101 Å². The van der Waals surface area contributed by atoms with Crippen LogP contribution in [-0.4, -0.2) is 5.16 Å². The zero-order valence-corrected chi connectivity index (χ0v) is 9.86. The first kappa shape index (κ1) is 10.7. The average molecular weight is 278 g/mol. The maximum Gasteiger partial charge on any atom is 0.124 e. The van der Waals surface area contributed by atoms with Crippen molar-refractivity contribution in [2.24, 2.45) is 0 Å². The lowest BCUT2D eigenvalue weighted by atomic mass is 10.2. The maximum atomic E-state index is 8.96. The van der Waals surface area contributed by atoms with Crippen LogP contribution in [0, 0.1) is 11.3 Å². The van der Waals surface area contributed by atoms with Crippen LogP contribution in [-0.2, 0) is 6.54 Å². The number of rotatable bonds is 3. The van der Waals surface area contributed by atoms with Crippen molar-refractivity contribution in [3.63, 3.8) is 0 Å². The lowest BCUT2D eigenvalue weighted by molar-refractivity contribution is 0.412. The first-order valence-electron chi connectivity index (χ1n) is 4.62. The van der Waals surface area contributed by atoms with Gasteiger partial charge in [-0.3, -0.25) is 0 Å². The van der Waals surface area contributed by atoms with Gasteiger partial charge in [0.2, 0.25) is 0 Å². The van der Waals surface area contributed by atoms with Crippen LogP contribution in [0.3, 0.4) is 0 Å². The number of nitrogens with one attached hydrogen (secondary N) is 1. The van der Waals surface area contributed by atoms with Gasteiger partial charge in [-0.2, -0.15) is 5.26 Å². The number of hydrogen-bond donors (Lipinski definition) is 1. The van der Waals surface area contributed by atoms with Crippen LogP contribution in [0.15, 0.2) is 39.5 Å². The summed E-state index contributed by atoms with van der Waals surface area (Å²) in [6, 6.07) is 9.41. The lowest BCUT2D eigenvalue weighted by Crippen LogP contribution is -2.01. The van der Waals surface area contributed by atoms with Crippen LogP contribution in [0.2, 0.25) is 0 Å². The van der Waals surface area contributed by atoms with Crippen molar-refractivity contribution < 1.29 is 4.52 Å². The molecular formula is C11H8BrN3O. The molecule has 1 aromatic heterocycles. The molecule has 5 heteroatoms. The van der Waals surface area contributed by atoms with Gasteiger partial charge in [-0.1, -0.05) is 21.1 Å². The van der Waals surface area contributed by atoms with Gasteiger partial charge in [0.1, 0.15) is 18.0 Å². The highest BCUT2D eigenvalue weighted by Crippen LogP contribution is 2.20. The zero-order valence-electron chi connectivity index (χ0n) is 8.27. The second kappa shape index (κ2) is 4.81. The first-order valence-corrected chi connectivity index (χ1v) is 5.41. The minimum absolute atomic E-state index is 0.535. The molecule has 0 radical (unpaired) electrons.